The average Bonchev–Trinajstić information content (AvgIpc) is 2.80. The molecule has 3 atom stereocenters. The number of aliphatic hydroxyl groups is 2. The second kappa shape index (κ2) is 3.64. The van der Waals surface area contributed by atoms with E-state index >= 15 is 0 Å². The Balaban J connectivity index is 1.97. The summed E-state index contributed by atoms with van der Waals surface area (Å²) in [5.41, 5.74) is 6.52. The highest BCUT2D eigenvalue weighted by Gasteiger charge is 2.41. The molecule has 0 spiro atoms. The van der Waals surface area contributed by atoms with Gasteiger partial charge in [-0.05, 0) is 6.42 Å². The number of fused-ring (bicyclic) bond motifs is 1. The maximum atomic E-state index is 9.87. The number of nitrogens with zero attached hydrogens (tertiary/aromatic N) is 4. The number of aliphatic hydroxyl groups excluding tert-OH is 2. The summed E-state index contributed by atoms with van der Waals surface area (Å²) >= 11 is 0. The third-order valence-corrected chi connectivity index (χ3v) is 3.42. The molecule has 0 unspecified atom stereocenters. The number of nitrogen functional groups attached to an aromatic ring is 1. The minimum Gasteiger partial charge on any atom is -0.396 e. The molecule has 1 aliphatic carbocycles. The topological polar surface area (TPSA) is 110 Å². The van der Waals surface area contributed by atoms with Crippen molar-refractivity contribution in [3.05, 3.63) is 12.7 Å². The first-order valence-electron chi connectivity index (χ1n) is 5.44. The van der Waals surface area contributed by atoms with Crippen LogP contribution < -0.4 is 5.73 Å². The highest BCUT2D eigenvalue weighted by Crippen LogP contribution is 2.40. The molecule has 17 heavy (non-hydrogen) atoms. The van der Waals surface area contributed by atoms with Crippen LogP contribution in [-0.4, -0.2) is 42.4 Å². The summed E-state index contributed by atoms with van der Waals surface area (Å²) in [6.07, 6.45) is 3.07. The average molecular weight is 235 g/mol. The summed E-state index contributed by atoms with van der Waals surface area (Å²) in [4.78, 5) is 12.1. The van der Waals surface area contributed by atoms with Crippen LogP contribution in [0.15, 0.2) is 12.7 Å². The molecule has 0 radical (unpaired) electrons. The summed E-state index contributed by atoms with van der Waals surface area (Å²) in [5.74, 6) is 0.882. The largest absolute Gasteiger partial charge is 0.396 e. The first kappa shape index (κ1) is 10.4. The number of aromatic nitrogens is 4. The van der Waals surface area contributed by atoms with E-state index in [0.717, 1.165) is 0 Å². The molecule has 90 valence electrons. The van der Waals surface area contributed by atoms with Gasteiger partial charge in [-0.1, -0.05) is 0 Å². The van der Waals surface area contributed by atoms with Crippen molar-refractivity contribution in [2.24, 2.45) is 5.92 Å². The highest BCUT2D eigenvalue weighted by atomic mass is 16.3. The molecule has 3 aliphatic rings. The smallest absolute Gasteiger partial charge is 0.184 e. The lowest BCUT2D eigenvalue weighted by atomic mass is 9.77. The predicted molar refractivity (Wildman–Crippen MR) is 59.1 cm³/mol. The fraction of sp³-hybridized carbons (Fsp3) is 0.500. The van der Waals surface area contributed by atoms with Crippen molar-refractivity contribution in [2.45, 2.75) is 18.6 Å². The fourth-order valence-corrected chi connectivity index (χ4v) is 2.27. The van der Waals surface area contributed by atoms with Crippen molar-refractivity contribution in [1.82, 2.24) is 19.5 Å². The van der Waals surface area contributed by atoms with E-state index in [0.29, 0.717) is 23.8 Å². The standard InChI is InChI=1S/C10H13N5O2/c11-9-7-10(13-3-12-7)14-4-15(9)6-1-5(2-16)8(6)17/h3-6,8,16-17H,1-2,11H2/t5-,6-,8-/m1/s1. The van der Waals surface area contributed by atoms with E-state index in [9.17, 15) is 5.11 Å². The van der Waals surface area contributed by atoms with Gasteiger partial charge in [-0.15, -0.1) is 0 Å². The van der Waals surface area contributed by atoms with E-state index in [1.54, 1.807) is 10.9 Å². The minimum absolute atomic E-state index is 0.00993. The van der Waals surface area contributed by atoms with Crippen LogP contribution in [0.1, 0.15) is 12.5 Å². The van der Waals surface area contributed by atoms with Crippen LogP contribution in [0.25, 0.3) is 11.5 Å². The second-order valence-corrected chi connectivity index (χ2v) is 4.32. The normalized spacial score (nSPS) is 28.2. The van der Waals surface area contributed by atoms with Gasteiger partial charge in [0.25, 0.3) is 0 Å². The van der Waals surface area contributed by atoms with E-state index in [1.165, 1.54) is 6.33 Å². The lowest BCUT2D eigenvalue weighted by Gasteiger charge is -2.42. The van der Waals surface area contributed by atoms with Gasteiger partial charge in [0, 0.05) is 12.5 Å². The Morgan fingerprint density at radius 3 is 2.94 bits per heavy atom. The minimum atomic E-state index is -0.588. The molecule has 0 bridgehead atoms. The lowest BCUT2D eigenvalue weighted by Crippen LogP contribution is -2.45. The zero-order valence-corrected chi connectivity index (χ0v) is 9.06. The van der Waals surface area contributed by atoms with E-state index < -0.39 is 6.10 Å². The molecule has 1 saturated carbocycles. The summed E-state index contributed by atoms with van der Waals surface area (Å²) in [6, 6.07) is -0.138. The number of hydrogen-bond acceptors (Lipinski definition) is 6. The molecule has 2 heterocycles. The Kier molecular flexibility index (Phi) is 2.23. The summed E-state index contributed by atoms with van der Waals surface area (Å²) in [7, 11) is 0. The third-order valence-electron chi connectivity index (χ3n) is 3.42. The van der Waals surface area contributed by atoms with Crippen LogP contribution in [0, 0.1) is 5.92 Å². The number of rotatable bonds is 2. The Bertz CT molecular complexity index is 514. The second-order valence-electron chi connectivity index (χ2n) is 4.32. The monoisotopic (exact) mass is 235 g/mol. The maximum absolute atomic E-state index is 9.87. The Morgan fingerprint density at radius 1 is 1.41 bits per heavy atom. The van der Waals surface area contributed by atoms with Crippen LogP contribution >= 0.6 is 0 Å². The molecule has 0 saturated heterocycles. The number of imidazole rings is 1. The molecule has 7 nitrogen and oxygen atoms in total. The predicted octanol–water partition coefficient (Wildman–Crippen LogP) is -0.726. The van der Waals surface area contributed by atoms with Crippen molar-refractivity contribution >= 4 is 5.82 Å². The Morgan fingerprint density at radius 2 is 2.24 bits per heavy atom. The molecule has 2 aliphatic heterocycles. The molecule has 4 N–H and O–H groups in total. The van der Waals surface area contributed by atoms with Gasteiger partial charge in [0.1, 0.15) is 17.8 Å². The first-order chi connectivity index (χ1) is 8.22. The quantitative estimate of drug-likeness (QED) is 0.633. The summed E-state index contributed by atoms with van der Waals surface area (Å²) < 4.78 is 1.70. The molecular weight excluding hydrogens is 222 g/mol. The fourth-order valence-electron chi connectivity index (χ4n) is 2.27. The number of hydrogen-bond donors (Lipinski definition) is 3. The van der Waals surface area contributed by atoms with Gasteiger partial charge in [-0.2, -0.15) is 0 Å². The molecule has 0 aromatic rings. The first-order valence-corrected chi connectivity index (χ1v) is 5.44. The van der Waals surface area contributed by atoms with Crippen LogP contribution in [0.3, 0.4) is 0 Å². The van der Waals surface area contributed by atoms with Gasteiger partial charge in [0.05, 0.1) is 18.5 Å². The Hall–Kier alpha value is -1.73. The van der Waals surface area contributed by atoms with Crippen LogP contribution in [-0.2, 0) is 0 Å². The van der Waals surface area contributed by atoms with E-state index in [2.05, 4.69) is 15.0 Å². The van der Waals surface area contributed by atoms with Crippen molar-refractivity contribution in [3.8, 4) is 11.5 Å². The maximum Gasteiger partial charge on any atom is 0.184 e. The number of nitrogens with two attached hydrogens (primary N) is 1. The van der Waals surface area contributed by atoms with Gasteiger partial charge in [-0.3, -0.25) is 0 Å². The summed E-state index contributed by atoms with van der Waals surface area (Å²) in [6.45, 7) is -0.00993. The zero-order valence-electron chi connectivity index (χ0n) is 9.06. The van der Waals surface area contributed by atoms with Crippen molar-refractivity contribution in [1.29, 1.82) is 0 Å². The van der Waals surface area contributed by atoms with Gasteiger partial charge >= 0.3 is 0 Å². The van der Waals surface area contributed by atoms with E-state index in [-0.39, 0.29) is 18.6 Å². The molecule has 0 aromatic carbocycles. The van der Waals surface area contributed by atoms with Crippen molar-refractivity contribution in [2.75, 3.05) is 12.3 Å². The van der Waals surface area contributed by atoms with Crippen LogP contribution in [0.5, 0.6) is 0 Å². The molecule has 7 heteroatoms. The number of anilines is 1. The van der Waals surface area contributed by atoms with Gasteiger partial charge in [-0.25, -0.2) is 15.0 Å². The molecule has 0 aromatic heterocycles. The zero-order chi connectivity index (χ0) is 12.0. The van der Waals surface area contributed by atoms with Crippen LogP contribution in [0.4, 0.5) is 5.82 Å². The van der Waals surface area contributed by atoms with Crippen LogP contribution in [0.2, 0.25) is 0 Å². The highest BCUT2D eigenvalue weighted by molar-refractivity contribution is 5.64. The van der Waals surface area contributed by atoms with Crippen molar-refractivity contribution < 1.29 is 10.2 Å². The molecule has 0 amide bonds. The Labute approximate surface area is 97.3 Å². The SMILES string of the molecule is Nc1c2ncnc-2ncn1[C@@H]1C[C@H](CO)[C@H]1O. The molecule has 3 rings (SSSR count). The summed E-state index contributed by atoms with van der Waals surface area (Å²) in [5, 5.41) is 18.9. The van der Waals surface area contributed by atoms with Gasteiger partial charge in [0.2, 0.25) is 0 Å². The van der Waals surface area contributed by atoms with Gasteiger partial charge < -0.3 is 20.5 Å². The molecular formula is C10H13N5O2. The van der Waals surface area contributed by atoms with E-state index in [4.69, 9.17) is 10.8 Å². The van der Waals surface area contributed by atoms with E-state index in [1.807, 2.05) is 0 Å². The van der Waals surface area contributed by atoms with Crippen molar-refractivity contribution in [3.63, 3.8) is 0 Å². The van der Waals surface area contributed by atoms with Gasteiger partial charge in [0.15, 0.2) is 5.82 Å². The molecule has 1 fully saturated rings. The third kappa shape index (κ3) is 1.39. The lowest BCUT2D eigenvalue weighted by molar-refractivity contribution is -0.0559.